The zero-order valence-electron chi connectivity index (χ0n) is 10.4. The van der Waals surface area contributed by atoms with E-state index < -0.39 is 0 Å². The summed E-state index contributed by atoms with van der Waals surface area (Å²) < 4.78 is 5.42. The van der Waals surface area contributed by atoms with E-state index in [4.69, 9.17) is 4.42 Å². The van der Waals surface area contributed by atoms with Gasteiger partial charge in [0.25, 0.3) is 5.91 Å². The fourth-order valence-electron chi connectivity index (χ4n) is 1.39. The molecule has 0 saturated carbocycles. The molecule has 102 valence electrons. The molecule has 0 atom stereocenters. The maximum absolute atomic E-state index is 11.8. The Balaban J connectivity index is 1.71. The molecule has 2 aromatic rings. The lowest BCUT2D eigenvalue weighted by Crippen LogP contribution is -2.25. The molecule has 0 aromatic carbocycles. The second-order valence-electron chi connectivity index (χ2n) is 3.61. The number of rotatable bonds is 7. The van der Waals surface area contributed by atoms with Gasteiger partial charge in [0.05, 0.1) is 11.9 Å². The van der Waals surface area contributed by atoms with Crippen molar-refractivity contribution < 1.29 is 9.21 Å². The number of furan rings is 1. The fraction of sp³-hybridized carbons (Fsp3) is 0.364. The number of carbonyl (C=O) groups is 1. The van der Waals surface area contributed by atoms with Crippen LogP contribution in [0.1, 0.15) is 16.3 Å². The molecule has 2 heterocycles. The van der Waals surface area contributed by atoms with Crippen LogP contribution in [-0.2, 0) is 5.75 Å². The number of nitrogens with zero attached hydrogens (tertiary/aromatic N) is 2. The molecular weight excluding hydrogens is 284 g/mol. The standard InChI is InChI=1S/C11H14N4O2S2/c1-18-7-8-2-3-9(17-8)11(16)12-4-5-19-10-6-13-15-14-10/h2-3,6H,4-5,7H2,1H3,(H,12,16)(H,13,14,15). The third-order valence-corrected chi connectivity index (χ3v) is 3.68. The first kappa shape index (κ1) is 14.0. The van der Waals surface area contributed by atoms with Crippen LogP contribution in [0, 0.1) is 0 Å². The molecule has 0 saturated heterocycles. The van der Waals surface area contributed by atoms with Crippen molar-refractivity contribution in [3.63, 3.8) is 0 Å². The molecule has 0 bridgehead atoms. The van der Waals surface area contributed by atoms with E-state index in [0.717, 1.165) is 22.3 Å². The molecule has 0 aliphatic carbocycles. The summed E-state index contributed by atoms with van der Waals surface area (Å²) in [5, 5.41) is 13.8. The van der Waals surface area contributed by atoms with Crippen molar-refractivity contribution in [2.24, 2.45) is 0 Å². The third kappa shape index (κ3) is 4.32. The van der Waals surface area contributed by atoms with Crippen molar-refractivity contribution >= 4 is 29.4 Å². The van der Waals surface area contributed by atoms with Gasteiger partial charge in [-0.2, -0.15) is 22.1 Å². The van der Waals surface area contributed by atoms with Crippen LogP contribution in [0.5, 0.6) is 0 Å². The highest BCUT2D eigenvalue weighted by molar-refractivity contribution is 7.99. The van der Waals surface area contributed by atoms with Gasteiger partial charge in [-0.05, 0) is 18.4 Å². The van der Waals surface area contributed by atoms with Crippen molar-refractivity contribution in [1.82, 2.24) is 20.7 Å². The Labute approximate surface area is 119 Å². The maximum atomic E-state index is 11.8. The normalized spacial score (nSPS) is 10.6. The number of aromatic amines is 1. The Kier molecular flexibility index (Phi) is 5.34. The second-order valence-corrected chi connectivity index (χ2v) is 5.59. The lowest BCUT2D eigenvalue weighted by atomic mass is 10.4. The van der Waals surface area contributed by atoms with Gasteiger partial charge in [-0.3, -0.25) is 4.79 Å². The van der Waals surface area contributed by atoms with Crippen molar-refractivity contribution in [2.45, 2.75) is 10.8 Å². The summed E-state index contributed by atoms with van der Waals surface area (Å²) in [5.41, 5.74) is 0. The zero-order valence-corrected chi connectivity index (χ0v) is 12.0. The number of aromatic nitrogens is 3. The number of thioether (sulfide) groups is 2. The van der Waals surface area contributed by atoms with Crippen LogP contribution in [-0.4, -0.2) is 39.9 Å². The van der Waals surface area contributed by atoms with Crippen molar-refractivity contribution in [3.8, 4) is 0 Å². The zero-order chi connectivity index (χ0) is 13.5. The fourth-order valence-corrected chi connectivity index (χ4v) is 2.47. The molecule has 0 radical (unpaired) electrons. The minimum absolute atomic E-state index is 0.187. The monoisotopic (exact) mass is 298 g/mol. The van der Waals surface area contributed by atoms with Gasteiger partial charge >= 0.3 is 0 Å². The molecule has 8 heteroatoms. The van der Waals surface area contributed by atoms with Crippen molar-refractivity contribution in [1.29, 1.82) is 0 Å². The molecule has 0 unspecified atom stereocenters. The topological polar surface area (TPSA) is 83.8 Å². The van der Waals surface area contributed by atoms with E-state index in [2.05, 4.69) is 20.7 Å². The first-order valence-electron chi connectivity index (χ1n) is 5.64. The Morgan fingerprint density at radius 2 is 2.42 bits per heavy atom. The molecular formula is C11H14N4O2S2. The lowest BCUT2D eigenvalue weighted by molar-refractivity contribution is 0.0927. The predicted molar refractivity (Wildman–Crippen MR) is 75.4 cm³/mol. The molecule has 2 rings (SSSR count). The van der Waals surface area contributed by atoms with Gasteiger partial charge in [0.15, 0.2) is 5.76 Å². The average Bonchev–Trinajstić information content (AvgIpc) is 3.06. The number of H-pyrrole nitrogens is 1. The van der Waals surface area contributed by atoms with Gasteiger partial charge in [-0.15, -0.1) is 16.9 Å². The van der Waals surface area contributed by atoms with Crippen molar-refractivity contribution in [3.05, 3.63) is 29.9 Å². The third-order valence-electron chi connectivity index (χ3n) is 2.20. The Morgan fingerprint density at radius 3 is 3.16 bits per heavy atom. The Morgan fingerprint density at radius 1 is 1.53 bits per heavy atom. The van der Waals surface area contributed by atoms with E-state index >= 15 is 0 Å². The number of hydrogen-bond acceptors (Lipinski definition) is 6. The maximum Gasteiger partial charge on any atom is 0.287 e. The van der Waals surface area contributed by atoms with E-state index in [1.54, 1.807) is 24.0 Å². The molecule has 0 spiro atoms. The van der Waals surface area contributed by atoms with Gasteiger partial charge in [0.1, 0.15) is 10.8 Å². The minimum Gasteiger partial charge on any atom is -0.455 e. The first-order valence-corrected chi connectivity index (χ1v) is 8.02. The first-order chi connectivity index (χ1) is 9.29. The summed E-state index contributed by atoms with van der Waals surface area (Å²) in [4.78, 5) is 11.8. The molecule has 2 aromatic heterocycles. The summed E-state index contributed by atoms with van der Waals surface area (Å²) >= 11 is 3.18. The van der Waals surface area contributed by atoms with Gasteiger partial charge < -0.3 is 9.73 Å². The van der Waals surface area contributed by atoms with E-state index in [9.17, 15) is 4.79 Å². The summed E-state index contributed by atoms with van der Waals surface area (Å²) in [6.45, 7) is 0.551. The number of carbonyl (C=O) groups excluding carboxylic acids is 1. The van der Waals surface area contributed by atoms with Gasteiger partial charge in [-0.1, -0.05) is 0 Å². The molecule has 1 amide bonds. The summed E-state index contributed by atoms with van der Waals surface area (Å²) in [5.74, 6) is 2.49. The van der Waals surface area contributed by atoms with Gasteiger partial charge in [0.2, 0.25) is 0 Å². The molecule has 19 heavy (non-hydrogen) atoms. The molecule has 0 aliphatic rings. The molecule has 0 fully saturated rings. The smallest absolute Gasteiger partial charge is 0.287 e. The van der Waals surface area contributed by atoms with Crippen molar-refractivity contribution in [2.75, 3.05) is 18.6 Å². The molecule has 0 aliphatic heterocycles. The van der Waals surface area contributed by atoms with E-state index in [1.165, 1.54) is 11.8 Å². The SMILES string of the molecule is CSCc1ccc(C(=O)NCCSc2cn[nH]n2)o1. The lowest BCUT2D eigenvalue weighted by Gasteiger charge is -2.01. The average molecular weight is 298 g/mol. The van der Waals surface area contributed by atoms with E-state index in [0.29, 0.717) is 12.3 Å². The Bertz CT molecular complexity index is 513. The molecule has 6 nitrogen and oxygen atoms in total. The van der Waals surface area contributed by atoms with Gasteiger partial charge in [-0.25, -0.2) is 0 Å². The van der Waals surface area contributed by atoms with Gasteiger partial charge in [0, 0.05) is 12.3 Å². The number of nitrogens with one attached hydrogen (secondary N) is 2. The predicted octanol–water partition coefficient (Wildman–Crippen LogP) is 1.78. The van der Waals surface area contributed by atoms with Crippen LogP contribution in [0.3, 0.4) is 0 Å². The highest BCUT2D eigenvalue weighted by Crippen LogP contribution is 2.14. The van der Waals surface area contributed by atoms with Crippen LogP contribution < -0.4 is 5.32 Å². The van der Waals surface area contributed by atoms with E-state index in [-0.39, 0.29) is 5.91 Å². The van der Waals surface area contributed by atoms with Crippen LogP contribution >= 0.6 is 23.5 Å². The highest BCUT2D eigenvalue weighted by atomic mass is 32.2. The summed E-state index contributed by atoms with van der Waals surface area (Å²) in [7, 11) is 0. The summed E-state index contributed by atoms with van der Waals surface area (Å²) in [6, 6.07) is 3.53. The number of hydrogen-bond donors (Lipinski definition) is 2. The number of amides is 1. The second kappa shape index (κ2) is 7.25. The quantitative estimate of drug-likeness (QED) is 0.599. The highest BCUT2D eigenvalue weighted by Gasteiger charge is 2.10. The van der Waals surface area contributed by atoms with Crippen LogP contribution in [0.4, 0.5) is 0 Å². The van der Waals surface area contributed by atoms with Crippen LogP contribution in [0.25, 0.3) is 0 Å². The van der Waals surface area contributed by atoms with E-state index in [1.807, 2.05) is 12.3 Å². The van der Waals surface area contributed by atoms with Crippen LogP contribution in [0.2, 0.25) is 0 Å². The summed E-state index contributed by atoms with van der Waals surface area (Å²) in [6.07, 6.45) is 3.64. The van der Waals surface area contributed by atoms with Crippen LogP contribution in [0.15, 0.2) is 27.8 Å². The molecule has 2 N–H and O–H groups in total. The Hall–Kier alpha value is -1.41. The largest absolute Gasteiger partial charge is 0.455 e. The minimum atomic E-state index is -0.187.